The van der Waals surface area contributed by atoms with Crippen LogP contribution in [-0.4, -0.2) is 60.0 Å². The number of rotatable bonds is 7. The first-order valence-corrected chi connectivity index (χ1v) is 11.7. The number of nitrogens with one attached hydrogen (secondary N) is 1. The Labute approximate surface area is 192 Å². The largest absolute Gasteiger partial charge is 0.453 e. The summed E-state index contributed by atoms with van der Waals surface area (Å²) in [6.07, 6.45) is 0.0883. The van der Waals surface area contributed by atoms with E-state index in [2.05, 4.69) is 49.8 Å². The molecule has 0 radical (unpaired) electrons. The van der Waals surface area contributed by atoms with E-state index in [1.54, 1.807) is 18.5 Å². The van der Waals surface area contributed by atoms with Crippen molar-refractivity contribution in [1.82, 2.24) is 9.27 Å². The Balaban J connectivity index is 1.27. The van der Waals surface area contributed by atoms with Crippen LogP contribution in [0.15, 0.2) is 48.5 Å². The molecule has 8 heteroatoms. The van der Waals surface area contributed by atoms with Crippen LogP contribution >= 0.6 is 11.5 Å². The molecule has 1 fully saturated rings. The van der Waals surface area contributed by atoms with Gasteiger partial charge in [-0.2, -0.15) is 4.37 Å². The van der Waals surface area contributed by atoms with Crippen molar-refractivity contribution in [3.63, 3.8) is 0 Å². The first-order valence-electron chi connectivity index (χ1n) is 10.9. The highest BCUT2D eigenvalue weighted by Crippen LogP contribution is 2.29. The molecule has 4 rings (SSSR count). The van der Waals surface area contributed by atoms with Gasteiger partial charge in [0.25, 0.3) is 5.91 Å². The number of benzene rings is 2. The maximum absolute atomic E-state index is 12.2. The molecular weight excluding hydrogens is 424 g/mol. The molecule has 1 amide bonds. The second kappa shape index (κ2) is 10.1. The average Bonchev–Trinajstić information content (AvgIpc) is 3.22. The molecule has 3 aromatic rings. The van der Waals surface area contributed by atoms with Gasteiger partial charge < -0.3 is 15.0 Å². The van der Waals surface area contributed by atoms with Crippen molar-refractivity contribution in [1.29, 1.82) is 0 Å². The Morgan fingerprint density at radius 2 is 1.91 bits per heavy atom. The van der Waals surface area contributed by atoms with Crippen molar-refractivity contribution >= 4 is 45.0 Å². The monoisotopic (exact) mass is 452 g/mol. The van der Waals surface area contributed by atoms with Crippen molar-refractivity contribution in [3.05, 3.63) is 54.1 Å². The van der Waals surface area contributed by atoms with Crippen LogP contribution in [0.5, 0.6) is 0 Å². The number of ether oxygens (including phenoxy) is 1. The summed E-state index contributed by atoms with van der Waals surface area (Å²) < 4.78 is 10.9. The molecule has 0 aliphatic carbocycles. The zero-order chi connectivity index (χ0) is 22.5. The summed E-state index contributed by atoms with van der Waals surface area (Å²) in [5.41, 5.74) is 1.88. The molecule has 1 aliphatic heterocycles. The lowest BCUT2D eigenvalue weighted by Gasteiger charge is -2.35. The molecular formula is C24H28N4O3S. The SMILES string of the molecule is CC(=O)OC(C)C(=O)Nc1cccc(CCN2CCN(c3nsc4ccccc34)CC2)c1. The molecule has 1 aromatic heterocycles. The number of piperazine rings is 1. The molecule has 1 atom stereocenters. The van der Waals surface area contributed by atoms with Crippen LogP contribution in [0.2, 0.25) is 0 Å². The van der Waals surface area contributed by atoms with Gasteiger partial charge in [-0.05, 0) is 54.7 Å². The molecule has 1 saturated heterocycles. The zero-order valence-corrected chi connectivity index (χ0v) is 19.2. The minimum absolute atomic E-state index is 0.331. The molecule has 2 heterocycles. The van der Waals surface area contributed by atoms with Crippen LogP contribution in [0.3, 0.4) is 0 Å². The van der Waals surface area contributed by atoms with Crippen LogP contribution in [-0.2, 0) is 20.7 Å². The molecule has 0 bridgehead atoms. The summed E-state index contributed by atoms with van der Waals surface area (Å²) in [4.78, 5) is 28.1. The topological polar surface area (TPSA) is 74.8 Å². The Kier molecular flexibility index (Phi) is 7.02. The van der Waals surface area contributed by atoms with Crippen molar-refractivity contribution < 1.29 is 14.3 Å². The highest BCUT2D eigenvalue weighted by Gasteiger charge is 2.20. The Morgan fingerprint density at radius 1 is 1.12 bits per heavy atom. The normalized spacial score (nSPS) is 15.5. The van der Waals surface area contributed by atoms with Crippen LogP contribution in [0.25, 0.3) is 10.1 Å². The Morgan fingerprint density at radius 3 is 2.69 bits per heavy atom. The summed E-state index contributed by atoms with van der Waals surface area (Å²) in [5, 5.41) is 4.06. The van der Waals surface area contributed by atoms with E-state index in [4.69, 9.17) is 4.74 Å². The molecule has 0 spiro atoms. The molecule has 1 aliphatic rings. The number of aromatic nitrogens is 1. The van der Waals surface area contributed by atoms with Gasteiger partial charge in [0.05, 0.1) is 4.70 Å². The minimum Gasteiger partial charge on any atom is -0.453 e. The number of nitrogens with zero attached hydrogens (tertiary/aromatic N) is 3. The van der Waals surface area contributed by atoms with Gasteiger partial charge in [0.2, 0.25) is 0 Å². The van der Waals surface area contributed by atoms with E-state index in [-0.39, 0.29) is 5.91 Å². The number of carbonyl (C=O) groups excluding carboxylic acids is 2. The van der Waals surface area contributed by atoms with Gasteiger partial charge in [0.15, 0.2) is 6.10 Å². The molecule has 1 N–H and O–H groups in total. The van der Waals surface area contributed by atoms with Crippen LogP contribution in [0, 0.1) is 0 Å². The lowest BCUT2D eigenvalue weighted by Crippen LogP contribution is -2.47. The lowest BCUT2D eigenvalue weighted by molar-refractivity contribution is -0.150. The predicted octanol–water partition coefficient (Wildman–Crippen LogP) is 3.55. The molecule has 168 valence electrons. The fourth-order valence-electron chi connectivity index (χ4n) is 3.92. The van der Waals surface area contributed by atoms with E-state index in [9.17, 15) is 9.59 Å². The first-order chi connectivity index (χ1) is 15.5. The van der Waals surface area contributed by atoms with E-state index in [0.717, 1.165) is 50.5 Å². The van der Waals surface area contributed by atoms with E-state index in [1.807, 2.05) is 18.2 Å². The van der Waals surface area contributed by atoms with Gasteiger partial charge in [-0.15, -0.1) is 0 Å². The summed E-state index contributed by atoms with van der Waals surface area (Å²) >= 11 is 1.57. The Hall–Kier alpha value is -2.97. The number of esters is 1. The number of amides is 1. The summed E-state index contributed by atoms with van der Waals surface area (Å²) in [5.74, 6) is 0.309. The van der Waals surface area contributed by atoms with Crippen molar-refractivity contribution in [3.8, 4) is 0 Å². The number of hydrogen-bond donors (Lipinski definition) is 1. The molecule has 0 saturated carbocycles. The number of fused-ring (bicyclic) bond motifs is 1. The van der Waals surface area contributed by atoms with E-state index in [0.29, 0.717) is 5.69 Å². The third kappa shape index (κ3) is 5.44. The lowest BCUT2D eigenvalue weighted by atomic mass is 10.1. The highest BCUT2D eigenvalue weighted by molar-refractivity contribution is 7.13. The van der Waals surface area contributed by atoms with E-state index < -0.39 is 12.1 Å². The third-order valence-electron chi connectivity index (χ3n) is 5.65. The smallest absolute Gasteiger partial charge is 0.303 e. The third-order valence-corrected chi connectivity index (χ3v) is 6.47. The van der Waals surface area contributed by atoms with Crippen LogP contribution in [0.4, 0.5) is 11.5 Å². The summed E-state index contributed by atoms with van der Waals surface area (Å²) in [6, 6.07) is 16.2. The average molecular weight is 453 g/mol. The standard InChI is InChI=1S/C24H28N4O3S/c1-17(31-18(2)29)24(30)25-20-7-5-6-19(16-20)10-11-27-12-14-28(15-13-27)23-21-8-3-4-9-22(21)32-26-23/h3-9,16-17H,10-15H2,1-2H3,(H,25,30). The van der Waals surface area contributed by atoms with Crippen LogP contribution < -0.4 is 10.2 Å². The fourth-order valence-corrected chi connectivity index (χ4v) is 4.72. The van der Waals surface area contributed by atoms with Gasteiger partial charge in [-0.3, -0.25) is 14.5 Å². The van der Waals surface area contributed by atoms with E-state index in [1.165, 1.54) is 17.0 Å². The predicted molar refractivity (Wildman–Crippen MR) is 128 cm³/mol. The maximum atomic E-state index is 12.2. The molecule has 32 heavy (non-hydrogen) atoms. The minimum atomic E-state index is -0.817. The summed E-state index contributed by atoms with van der Waals surface area (Å²) in [6.45, 7) is 7.77. The van der Waals surface area contributed by atoms with Crippen molar-refractivity contribution in [2.45, 2.75) is 26.4 Å². The second-order valence-corrected chi connectivity index (χ2v) is 8.83. The van der Waals surface area contributed by atoms with Gasteiger partial charge in [-0.1, -0.05) is 24.3 Å². The molecule has 7 nitrogen and oxygen atoms in total. The molecule has 1 unspecified atom stereocenters. The van der Waals surface area contributed by atoms with Crippen LogP contribution in [0.1, 0.15) is 19.4 Å². The van der Waals surface area contributed by atoms with Crippen molar-refractivity contribution in [2.24, 2.45) is 0 Å². The van der Waals surface area contributed by atoms with Crippen molar-refractivity contribution in [2.75, 3.05) is 42.9 Å². The number of hydrogen-bond acceptors (Lipinski definition) is 7. The summed E-state index contributed by atoms with van der Waals surface area (Å²) in [7, 11) is 0. The Bertz CT molecular complexity index is 1090. The molecule has 2 aromatic carbocycles. The van der Waals surface area contributed by atoms with Gasteiger partial charge in [0.1, 0.15) is 5.82 Å². The van der Waals surface area contributed by atoms with Gasteiger partial charge in [-0.25, -0.2) is 0 Å². The van der Waals surface area contributed by atoms with E-state index >= 15 is 0 Å². The highest BCUT2D eigenvalue weighted by atomic mass is 32.1. The zero-order valence-electron chi connectivity index (χ0n) is 18.4. The number of anilines is 2. The van der Waals surface area contributed by atoms with Gasteiger partial charge >= 0.3 is 5.97 Å². The fraction of sp³-hybridized carbons (Fsp3) is 0.375. The van der Waals surface area contributed by atoms with Gasteiger partial charge in [0, 0.05) is 50.7 Å². The maximum Gasteiger partial charge on any atom is 0.303 e. The second-order valence-electron chi connectivity index (χ2n) is 8.02. The quantitative estimate of drug-likeness (QED) is 0.553. The number of carbonyl (C=O) groups is 2. The first kappa shape index (κ1) is 22.2.